The van der Waals surface area contributed by atoms with Crippen LogP contribution in [-0.4, -0.2) is 35.2 Å². The van der Waals surface area contributed by atoms with Crippen LogP contribution in [0, 0.1) is 11.3 Å². The van der Waals surface area contributed by atoms with E-state index in [4.69, 9.17) is 30.5 Å². The summed E-state index contributed by atoms with van der Waals surface area (Å²) in [6, 6.07) is 23.1. The lowest BCUT2D eigenvalue weighted by Gasteiger charge is -2.33. The molecule has 1 aliphatic heterocycles. The minimum absolute atomic E-state index is 0.0756. The maximum absolute atomic E-state index is 12.7. The molecule has 3 aromatic rings. The van der Waals surface area contributed by atoms with Gasteiger partial charge in [-0.25, -0.2) is 20.6 Å². The third kappa shape index (κ3) is 7.35. The fourth-order valence-electron chi connectivity index (χ4n) is 3.94. The standard InChI is InChI=1S/C31H33N5O5/c1-5-38-25-15-14-21(19-32)17-26(25)40-30-35-24(16-20-10-7-6-8-11-20)27(33)28(36(30)34)39-23-13-9-12-22(18-23)29(37)41-31(2,3)4/h6-15,17-18,30H,5,16,33-34H2,1-4H3. The van der Waals surface area contributed by atoms with Gasteiger partial charge in [-0.2, -0.15) is 5.26 Å². The quantitative estimate of drug-likeness (QED) is 0.284. The van der Waals surface area contributed by atoms with Crippen LogP contribution in [0.5, 0.6) is 17.2 Å². The van der Waals surface area contributed by atoms with Crippen LogP contribution in [0.4, 0.5) is 0 Å². The van der Waals surface area contributed by atoms with Crippen LogP contribution in [-0.2, 0) is 11.2 Å². The van der Waals surface area contributed by atoms with Crippen molar-refractivity contribution < 1.29 is 23.7 Å². The molecule has 1 unspecified atom stereocenters. The van der Waals surface area contributed by atoms with E-state index in [9.17, 15) is 10.1 Å². The summed E-state index contributed by atoms with van der Waals surface area (Å²) in [4.78, 5) is 17.3. The van der Waals surface area contributed by atoms with Crippen LogP contribution < -0.4 is 25.8 Å². The highest BCUT2D eigenvalue weighted by Gasteiger charge is 2.32. The zero-order valence-corrected chi connectivity index (χ0v) is 23.5. The summed E-state index contributed by atoms with van der Waals surface area (Å²) in [5.41, 5.74) is 8.23. The van der Waals surface area contributed by atoms with Gasteiger partial charge in [-0.15, -0.1) is 0 Å². The molecular weight excluding hydrogens is 522 g/mol. The fourth-order valence-corrected chi connectivity index (χ4v) is 3.94. The molecule has 0 saturated heterocycles. The van der Waals surface area contributed by atoms with Crippen molar-refractivity contribution in [1.29, 1.82) is 5.26 Å². The molecule has 212 valence electrons. The topological polar surface area (TPSA) is 145 Å². The number of carbonyl (C=O) groups is 1. The molecule has 0 fully saturated rings. The highest BCUT2D eigenvalue weighted by molar-refractivity contribution is 6.01. The van der Waals surface area contributed by atoms with Crippen molar-refractivity contribution in [2.75, 3.05) is 6.61 Å². The fraction of sp³-hybridized carbons (Fsp3) is 0.258. The first-order chi connectivity index (χ1) is 19.6. The van der Waals surface area contributed by atoms with Gasteiger partial charge in [-0.3, -0.25) is 0 Å². The van der Waals surface area contributed by atoms with E-state index in [2.05, 4.69) is 11.1 Å². The number of carbonyl (C=O) groups excluding carboxylic acids is 1. The van der Waals surface area contributed by atoms with Crippen molar-refractivity contribution in [3.63, 3.8) is 0 Å². The van der Waals surface area contributed by atoms with Crippen LogP contribution in [0.2, 0.25) is 0 Å². The molecular formula is C31H33N5O5. The smallest absolute Gasteiger partial charge is 0.338 e. The molecule has 1 atom stereocenters. The summed E-state index contributed by atoms with van der Waals surface area (Å²) in [6.45, 7) is 7.61. The van der Waals surface area contributed by atoms with Crippen molar-refractivity contribution in [3.05, 3.63) is 101 Å². The molecule has 0 aromatic heterocycles. The Kier molecular flexibility index (Phi) is 8.80. The van der Waals surface area contributed by atoms with E-state index in [0.717, 1.165) is 10.6 Å². The number of hydrogen-bond acceptors (Lipinski definition) is 10. The van der Waals surface area contributed by atoms with Gasteiger partial charge in [0.25, 0.3) is 6.35 Å². The van der Waals surface area contributed by atoms with Crippen molar-refractivity contribution in [3.8, 4) is 23.3 Å². The van der Waals surface area contributed by atoms with E-state index >= 15 is 0 Å². The Morgan fingerprint density at radius 2 is 1.80 bits per heavy atom. The number of esters is 1. The Morgan fingerprint density at radius 3 is 2.49 bits per heavy atom. The molecule has 4 rings (SSSR count). The predicted molar refractivity (Wildman–Crippen MR) is 154 cm³/mol. The Bertz CT molecular complexity index is 1510. The third-order valence-corrected chi connectivity index (χ3v) is 5.78. The summed E-state index contributed by atoms with van der Waals surface area (Å²) in [6.07, 6.45) is -0.736. The lowest BCUT2D eigenvalue weighted by atomic mass is 10.1. The van der Waals surface area contributed by atoms with E-state index in [1.807, 2.05) is 37.3 Å². The largest absolute Gasteiger partial charge is 0.490 e. The molecule has 0 aliphatic carbocycles. The van der Waals surface area contributed by atoms with Gasteiger partial charge < -0.3 is 24.7 Å². The molecule has 0 spiro atoms. The molecule has 4 N–H and O–H groups in total. The van der Waals surface area contributed by atoms with E-state index < -0.39 is 17.9 Å². The first kappa shape index (κ1) is 29.0. The van der Waals surface area contributed by atoms with E-state index in [1.54, 1.807) is 63.2 Å². The van der Waals surface area contributed by atoms with Gasteiger partial charge in [-0.05, 0) is 63.6 Å². The highest BCUT2D eigenvalue weighted by Crippen LogP contribution is 2.32. The summed E-state index contributed by atoms with van der Waals surface area (Å²) in [7, 11) is 0. The second kappa shape index (κ2) is 12.4. The number of hydrogen-bond donors (Lipinski definition) is 2. The molecule has 0 bridgehead atoms. The van der Waals surface area contributed by atoms with Gasteiger partial charge in [0.15, 0.2) is 11.5 Å². The second-order valence-corrected chi connectivity index (χ2v) is 10.1. The normalized spacial score (nSPS) is 15.1. The van der Waals surface area contributed by atoms with Gasteiger partial charge in [0.05, 0.1) is 29.5 Å². The Hall–Kier alpha value is -5.01. The minimum Gasteiger partial charge on any atom is -0.490 e. The number of nitrogens with zero attached hydrogens (tertiary/aromatic N) is 3. The number of nitrogens with two attached hydrogens (primary N) is 2. The van der Waals surface area contributed by atoms with Crippen LogP contribution in [0.1, 0.15) is 49.2 Å². The molecule has 0 amide bonds. The number of hydrazine groups is 1. The SMILES string of the molecule is CCOc1ccc(C#N)cc1OC1N=C(Cc2ccccc2)C(N)=C(Oc2cccc(C(=O)OC(C)(C)C)c2)N1N. The van der Waals surface area contributed by atoms with Gasteiger partial charge in [0, 0.05) is 12.5 Å². The molecule has 1 heterocycles. The van der Waals surface area contributed by atoms with Gasteiger partial charge in [0.1, 0.15) is 17.0 Å². The molecule has 10 heteroatoms. The minimum atomic E-state index is -1.11. The lowest BCUT2D eigenvalue weighted by molar-refractivity contribution is 0.00673. The average molecular weight is 556 g/mol. The maximum atomic E-state index is 12.7. The van der Waals surface area contributed by atoms with Gasteiger partial charge in [-0.1, -0.05) is 36.4 Å². The predicted octanol–water partition coefficient (Wildman–Crippen LogP) is 4.65. The zero-order chi connectivity index (χ0) is 29.6. The monoisotopic (exact) mass is 555 g/mol. The average Bonchev–Trinajstić information content (AvgIpc) is 2.94. The van der Waals surface area contributed by atoms with Crippen molar-refractivity contribution in [2.24, 2.45) is 16.6 Å². The molecule has 3 aromatic carbocycles. The van der Waals surface area contributed by atoms with Crippen molar-refractivity contribution >= 4 is 11.7 Å². The number of aliphatic imine (C=N–C) groups is 1. The third-order valence-electron chi connectivity index (χ3n) is 5.78. The Labute approximate surface area is 239 Å². The van der Waals surface area contributed by atoms with Crippen LogP contribution in [0.25, 0.3) is 0 Å². The van der Waals surface area contributed by atoms with E-state index in [0.29, 0.717) is 41.4 Å². The molecule has 0 radical (unpaired) electrons. The second-order valence-electron chi connectivity index (χ2n) is 10.1. The Morgan fingerprint density at radius 1 is 1.05 bits per heavy atom. The van der Waals surface area contributed by atoms with Crippen molar-refractivity contribution in [1.82, 2.24) is 5.01 Å². The Balaban J connectivity index is 1.70. The van der Waals surface area contributed by atoms with Crippen molar-refractivity contribution in [2.45, 2.75) is 46.1 Å². The highest BCUT2D eigenvalue weighted by atomic mass is 16.6. The van der Waals surface area contributed by atoms with Crippen LogP contribution in [0.3, 0.4) is 0 Å². The molecule has 41 heavy (non-hydrogen) atoms. The number of ether oxygens (including phenoxy) is 4. The summed E-state index contributed by atoms with van der Waals surface area (Å²) in [5, 5.41) is 10.6. The number of benzene rings is 3. The molecule has 0 saturated carbocycles. The van der Waals surface area contributed by atoms with E-state index in [-0.39, 0.29) is 17.3 Å². The van der Waals surface area contributed by atoms with Gasteiger partial charge >= 0.3 is 5.97 Å². The molecule has 1 aliphatic rings. The number of allylic oxidation sites excluding steroid dienone is 1. The first-order valence-corrected chi connectivity index (χ1v) is 13.1. The summed E-state index contributed by atoms with van der Waals surface area (Å²) in [5.74, 6) is 7.08. The summed E-state index contributed by atoms with van der Waals surface area (Å²) < 4.78 is 23.5. The zero-order valence-electron chi connectivity index (χ0n) is 23.5. The number of rotatable bonds is 9. The number of nitriles is 1. The maximum Gasteiger partial charge on any atom is 0.338 e. The van der Waals surface area contributed by atoms with Crippen LogP contribution in [0.15, 0.2) is 89.4 Å². The lowest BCUT2D eigenvalue weighted by Crippen LogP contribution is -2.49. The van der Waals surface area contributed by atoms with E-state index in [1.165, 1.54) is 0 Å². The molecule has 10 nitrogen and oxygen atoms in total. The first-order valence-electron chi connectivity index (χ1n) is 13.1. The van der Waals surface area contributed by atoms with Gasteiger partial charge in [0.2, 0.25) is 5.88 Å². The summed E-state index contributed by atoms with van der Waals surface area (Å²) >= 11 is 0. The van der Waals surface area contributed by atoms with Crippen LogP contribution >= 0.6 is 0 Å².